The summed E-state index contributed by atoms with van der Waals surface area (Å²) in [5.41, 5.74) is 4.60. The van der Waals surface area contributed by atoms with Crippen LogP contribution in [0.4, 0.5) is 11.4 Å². The maximum atomic E-state index is 11.8. The minimum absolute atomic E-state index is 0.0416. The SMILES string of the molecule is Cc1cccc(OCC(=O)NN=Cc2ccc(N3CCCC3)c([N+](=O)[O-])c2)c1. The number of carbonyl (C=O) groups is 1. The van der Waals surface area contributed by atoms with Crippen LogP contribution in [0.15, 0.2) is 47.6 Å². The molecule has 8 heteroatoms. The van der Waals surface area contributed by atoms with Crippen LogP contribution in [0.5, 0.6) is 5.75 Å². The number of aryl methyl sites for hydroxylation is 1. The van der Waals surface area contributed by atoms with Crippen molar-refractivity contribution in [1.29, 1.82) is 0 Å². The number of hydrazone groups is 1. The molecule has 2 aromatic carbocycles. The van der Waals surface area contributed by atoms with Crippen molar-refractivity contribution in [2.75, 3.05) is 24.6 Å². The Bertz CT molecular complexity index is 892. The van der Waals surface area contributed by atoms with Crippen LogP contribution in [0, 0.1) is 17.0 Å². The van der Waals surface area contributed by atoms with Gasteiger partial charge in [-0.3, -0.25) is 14.9 Å². The number of nitro benzene ring substituents is 1. The van der Waals surface area contributed by atoms with Gasteiger partial charge in [0.15, 0.2) is 6.61 Å². The van der Waals surface area contributed by atoms with Crippen LogP contribution in [0.3, 0.4) is 0 Å². The average Bonchev–Trinajstić information content (AvgIpc) is 3.21. The van der Waals surface area contributed by atoms with E-state index in [1.165, 1.54) is 12.3 Å². The van der Waals surface area contributed by atoms with Crippen molar-refractivity contribution in [1.82, 2.24) is 5.43 Å². The predicted octanol–water partition coefficient (Wildman–Crippen LogP) is 3.03. The molecule has 0 saturated carbocycles. The van der Waals surface area contributed by atoms with Gasteiger partial charge in [0.05, 0.1) is 11.1 Å². The highest BCUT2D eigenvalue weighted by Gasteiger charge is 2.22. The predicted molar refractivity (Wildman–Crippen MR) is 107 cm³/mol. The molecule has 0 aliphatic carbocycles. The molecule has 1 aliphatic heterocycles. The first kappa shape index (κ1) is 19.3. The Kier molecular flexibility index (Phi) is 6.21. The standard InChI is InChI=1S/C20H22N4O4/c1-15-5-4-6-17(11-15)28-14-20(25)22-21-13-16-7-8-18(19(12-16)24(26)27)23-9-2-3-10-23/h4-8,11-13H,2-3,9-10,14H2,1H3,(H,22,25). The molecule has 146 valence electrons. The maximum Gasteiger partial charge on any atom is 0.293 e. The fourth-order valence-corrected chi connectivity index (χ4v) is 3.06. The van der Waals surface area contributed by atoms with Gasteiger partial charge in [0.25, 0.3) is 11.6 Å². The molecule has 1 aliphatic rings. The largest absolute Gasteiger partial charge is 0.484 e. The second-order valence-electron chi connectivity index (χ2n) is 6.60. The summed E-state index contributed by atoms with van der Waals surface area (Å²) in [5, 5.41) is 15.3. The van der Waals surface area contributed by atoms with E-state index in [1.54, 1.807) is 18.2 Å². The third-order valence-electron chi connectivity index (χ3n) is 4.41. The first-order valence-corrected chi connectivity index (χ1v) is 9.08. The van der Waals surface area contributed by atoms with E-state index in [0.29, 0.717) is 17.0 Å². The molecule has 0 atom stereocenters. The second-order valence-corrected chi connectivity index (χ2v) is 6.60. The number of hydrogen-bond donors (Lipinski definition) is 1. The molecular weight excluding hydrogens is 360 g/mol. The molecule has 28 heavy (non-hydrogen) atoms. The first-order chi connectivity index (χ1) is 13.5. The first-order valence-electron chi connectivity index (χ1n) is 9.08. The van der Waals surface area contributed by atoms with E-state index >= 15 is 0 Å². The maximum absolute atomic E-state index is 11.8. The van der Waals surface area contributed by atoms with E-state index in [-0.39, 0.29) is 17.2 Å². The van der Waals surface area contributed by atoms with Crippen LogP contribution in [0.2, 0.25) is 0 Å². The van der Waals surface area contributed by atoms with Gasteiger partial charge >= 0.3 is 0 Å². The van der Waals surface area contributed by atoms with Crippen LogP contribution < -0.4 is 15.1 Å². The van der Waals surface area contributed by atoms with Crippen LogP contribution in [0.25, 0.3) is 0 Å². The Hall–Kier alpha value is -3.42. The number of ether oxygens (including phenoxy) is 1. The molecule has 1 fully saturated rings. The molecule has 0 bridgehead atoms. The van der Waals surface area contributed by atoms with Crippen molar-refractivity contribution < 1.29 is 14.5 Å². The fraction of sp³-hybridized carbons (Fsp3) is 0.300. The van der Waals surface area contributed by atoms with Crippen LogP contribution in [-0.4, -0.2) is 36.7 Å². The lowest BCUT2D eigenvalue weighted by Crippen LogP contribution is -2.24. The van der Waals surface area contributed by atoms with E-state index < -0.39 is 5.91 Å². The van der Waals surface area contributed by atoms with Gasteiger partial charge in [0, 0.05) is 24.7 Å². The van der Waals surface area contributed by atoms with Gasteiger partial charge in [-0.15, -0.1) is 0 Å². The van der Waals surface area contributed by atoms with E-state index in [2.05, 4.69) is 10.5 Å². The van der Waals surface area contributed by atoms with E-state index in [9.17, 15) is 14.9 Å². The minimum atomic E-state index is -0.416. The number of rotatable bonds is 7. The summed E-state index contributed by atoms with van der Waals surface area (Å²) in [7, 11) is 0. The molecule has 3 rings (SSSR count). The Labute approximate surface area is 163 Å². The number of nitro groups is 1. The number of benzene rings is 2. The molecule has 0 aromatic heterocycles. The molecule has 1 heterocycles. The highest BCUT2D eigenvalue weighted by molar-refractivity contribution is 5.85. The van der Waals surface area contributed by atoms with E-state index in [4.69, 9.17) is 4.74 Å². The lowest BCUT2D eigenvalue weighted by Gasteiger charge is -2.17. The Morgan fingerprint density at radius 1 is 1.29 bits per heavy atom. The second kappa shape index (κ2) is 8.98. The Balaban J connectivity index is 1.58. The molecule has 1 amide bonds. The van der Waals surface area contributed by atoms with Gasteiger partial charge in [-0.05, 0) is 43.5 Å². The third kappa shape index (κ3) is 5.06. The summed E-state index contributed by atoms with van der Waals surface area (Å²) < 4.78 is 5.39. The fourth-order valence-electron chi connectivity index (χ4n) is 3.06. The minimum Gasteiger partial charge on any atom is -0.484 e. The number of anilines is 1. The molecule has 2 aromatic rings. The summed E-state index contributed by atoms with van der Waals surface area (Å²) in [6.07, 6.45) is 3.46. The highest BCUT2D eigenvalue weighted by Crippen LogP contribution is 2.31. The number of carbonyl (C=O) groups excluding carboxylic acids is 1. The molecular formula is C20H22N4O4. The Morgan fingerprint density at radius 2 is 2.07 bits per heavy atom. The summed E-state index contributed by atoms with van der Waals surface area (Å²) in [6, 6.07) is 12.3. The number of hydrogen-bond acceptors (Lipinski definition) is 6. The molecule has 8 nitrogen and oxygen atoms in total. The number of nitrogens with zero attached hydrogens (tertiary/aromatic N) is 3. The summed E-state index contributed by atoms with van der Waals surface area (Å²) >= 11 is 0. The van der Waals surface area contributed by atoms with Crippen molar-refractivity contribution >= 4 is 23.5 Å². The van der Waals surface area contributed by atoms with Gasteiger partial charge in [0.2, 0.25) is 0 Å². The van der Waals surface area contributed by atoms with E-state index in [1.807, 2.05) is 30.0 Å². The van der Waals surface area contributed by atoms with Crippen molar-refractivity contribution in [3.8, 4) is 5.75 Å². The zero-order chi connectivity index (χ0) is 19.9. The topological polar surface area (TPSA) is 97.1 Å². The molecule has 1 saturated heterocycles. The van der Waals surface area contributed by atoms with Gasteiger partial charge in [-0.2, -0.15) is 5.10 Å². The highest BCUT2D eigenvalue weighted by atomic mass is 16.6. The molecule has 1 N–H and O–H groups in total. The number of amides is 1. The van der Waals surface area contributed by atoms with Crippen LogP contribution >= 0.6 is 0 Å². The smallest absolute Gasteiger partial charge is 0.293 e. The molecule has 0 spiro atoms. The summed E-state index contributed by atoms with van der Waals surface area (Å²) in [5.74, 6) is 0.188. The monoisotopic (exact) mass is 382 g/mol. The average molecular weight is 382 g/mol. The summed E-state index contributed by atoms with van der Waals surface area (Å²) in [6.45, 7) is 3.41. The van der Waals surface area contributed by atoms with Crippen molar-refractivity contribution in [2.24, 2.45) is 5.10 Å². The van der Waals surface area contributed by atoms with Gasteiger partial charge < -0.3 is 9.64 Å². The third-order valence-corrected chi connectivity index (χ3v) is 4.41. The van der Waals surface area contributed by atoms with Gasteiger partial charge in [0.1, 0.15) is 11.4 Å². The number of nitrogens with one attached hydrogen (secondary N) is 1. The quantitative estimate of drug-likeness (QED) is 0.451. The van der Waals surface area contributed by atoms with Crippen molar-refractivity contribution in [3.05, 3.63) is 63.7 Å². The van der Waals surface area contributed by atoms with Gasteiger partial charge in [-0.25, -0.2) is 5.43 Å². The van der Waals surface area contributed by atoms with Gasteiger partial charge in [-0.1, -0.05) is 18.2 Å². The lowest BCUT2D eigenvalue weighted by atomic mass is 10.1. The van der Waals surface area contributed by atoms with E-state index in [0.717, 1.165) is 31.5 Å². The zero-order valence-corrected chi connectivity index (χ0v) is 15.6. The Morgan fingerprint density at radius 3 is 2.79 bits per heavy atom. The molecule has 0 unspecified atom stereocenters. The van der Waals surface area contributed by atoms with Crippen LogP contribution in [-0.2, 0) is 4.79 Å². The van der Waals surface area contributed by atoms with Crippen molar-refractivity contribution in [3.63, 3.8) is 0 Å². The van der Waals surface area contributed by atoms with Crippen molar-refractivity contribution in [2.45, 2.75) is 19.8 Å². The molecule has 0 radical (unpaired) electrons. The van der Waals surface area contributed by atoms with Crippen LogP contribution in [0.1, 0.15) is 24.0 Å². The summed E-state index contributed by atoms with van der Waals surface area (Å²) in [4.78, 5) is 24.9. The normalized spacial score (nSPS) is 13.7. The zero-order valence-electron chi connectivity index (χ0n) is 15.6. The lowest BCUT2D eigenvalue weighted by molar-refractivity contribution is -0.384.